The molecule has 0 unspecified atom stereocenters. The van der Waals surface area contributed by atoms with Crippen molar-refractivity contribution in [2.24, 2.45) is 0 Å². The van der Waals surface area contributed by atoms with Gasteiger partial charge >= 0.3 is 5.97 Å². The van der Waals surface area contributed by atoms with Gasteiger partial charge in [-0.25, -0.2) is 4.98 Å². The normalized spacial score (nSPS) is 10.6. The minimum Gasteiger partial charge on any atom is -0.469 e. The van der Waals surface area contributed by atoms with Gasteiger partial charge in [0.25, 0.3) is 0 Å². The number of hydrogen-bond acceptors (Lipinski definition) is 4. The Morgan fingerprint density at radius 1 is 1.62 bits per heavy atom. The first-order valence-corrected chi connectivity index (χ1v) is 5.12. The molecule has 84 valence electrons. The number of ether oxygens (including phenoxy) is 1. The summed E-state index contributed by atoms with van der Waals surface area (Å²) >= 11 is 5.71. The monoisotopic (exact) mass is 239 g/mol. The van der Waals surface area contributed by atoms with Gasteiger partial charge in [-0.15, -0.1) is 0 Å². The second kappa shape index (κ2) is 4.49. The standard InChI is InChI=1S/C10H10ClN3O2/c1-16-8(15)3-5-14-4-2-7-6-12-10(11)13-9(7)14/h2,4,6H,3,5H2,1H3. The summed E-state index contributed by atoms with van der Waals surface area (Å²) in [5, 5.41) is 1.10. The Kier molecular flexibility index (Phi) is 3.05. The quantitative estimate of drug-likeness (QED) is 0.604. The van der Waals surface area contributed by atoms with Crippen LogP contribution < -0.4 is 0 Å². The third kappa shape index (κ3) is 2.14. The van der Waals surface area contributed by atoms with E-state index >= 15 is 0 Å². The second-order valence-corrected chi connectivity index (χ2v) is 3.59. The Morgan fingerprint density at radius 3 is 3.19 bits per heavy atom. The van der Waals surface area contributed by atoms with Crippen LogP contribution in [0.1, 0.15) is 6.42 Å². The van der Waals surface area contributed by atoms with Crippen LogP contribution >= 0.6 is 11.6 Å². The zero-order valence-corrected chi connectivity index (χ0v) is 9.44. The van der Waals surface area contributed by atoms with Crippen LogP contribution in [-0.2, 0) is 16.1 Å². The van der Waals surface area contributed by atoms with E-state index in [4.69, 9.17) is 11.6 Å². The highest BCUT2D eigenvalue weighted by molar-refractivity contribution is 6.28. The summed E-state index contributed by atoms with van der Waals surface area (Å²) in [6, 6.07) is 1.88. The zero-order chi connectivity index (χ0) is 11.5. The number of aryl methyl sites for hydroxylation is 1. The molecule has 6 heteroatoms. The maximum Gasteiger partial charge on any atom is 0.307 e. The third-order valence-corrected chi connectivity index (χ3v) is 2.44. The highest BCUT2D eigenvalue weighted by Gasteiger charge is 2.06. The van der Waals surface area contributed by atoms with E-state index in [1.54, 1.807) is 6.20 Å². The van der Waals surface area contributed by atoms with Crippen LogP contribution in [0.2, 0.25) is 5.28 Å². The molecule has 2 aromatic rings. The summed E-state index contributed by atoms with van der Waals surface area (Å²) in [5.74, 6) is -0.248. The number of methoxy groups -OCH3 is 1. The first-order valence-electron chi connectivity index (χ1n) is 4.75. The van der Waals surface area contributed by atoms with Crippen molar-refractivity contribution in [3.63, 3.8) is 0 Å². The number of aromatic nitrogens is 3. The smallest absolute Gasteiger partial charge is 0.307 e. The van der Waals surface area contributed by atoms with Crippen molar-refractivity contribution >= 4 is 28.6 Å². The molecule has 0 aromatic carbocycles. The molecule has 0 amide bonds. The maximum absolute atomic E-state index is 11.0. The molecular formula is C10H10ClN3O2. The average Bonchev–Trinajstić information content (AvgIpc) is 2.68. The van der Waals surface area contributed by atoms with Crippen molar-refractivity contribution in [3.8, 4) is 0 Å². The lowest BCUT2D eigenvalue weighted by Crippen LogP contribution is -2.06. The number of esters is 1. The summed E-state index contributed by atoms with van der Waals surface area (Å²) in [5.41, 5.74) is 0.726. The Bertz CT molecular complexity index is 524. The summed E-state index contributed by atoms with van der Waals surface area (Å²) in [4.78, 5) is 19.0. The lowest BCUT2D eigenvalue weighted by atomic mass is 10.4. The summed E-state index contributed by atoms with van der Waals surface area (Å²) in [6.07, 6.45) is 3.81. The molecule has 2 aromatic heterocycles. The van der Waals surface area contributed by atoms with Gasteiger partial charge in [-0.3, -0.25) is 4.79 Å². The number of rotatable bonds is 3. The molecule has 2 rings (SSSR count). The lowest BCUT2D eigenvalue weighted by Gasteiger charge is -2.03. The van der Waals surface area contributed by atoms with E-state index in [0.29, 0.717) is 13.0 Å². The van der Waals surface area contributed by atoms with E-state index in [1.807, 2.05) is 16.8 Å². The molecule has 0 saturated heterocycles. The van der Waals surface area contributed by atoms with Crippen LogP contribution in [0.25, 0.3) is 11.0 Å². The minimum absolute atomic E-state index is 0.200. The van der Waals surface area contributed by atoms with Gasteiger partial charge in [-0.2, -0.15) is 4.98 Å². The first kappa shape index (κ1) is 10.9. The Balaban J connectivity index is 2.24. The number of hydrogen-bond donors (Lipinski definition) is 0. The van der Waals surface area contributed by atoms with Crippen molar-refractivity contribution in [1.82, 2.24) is 14.5 Å². The fourth-order valence-corrected chi connectivity index (χ4v) is 1.57. The zero-order valence-electron chi connectivity index (χ0n) is 8.68. The van der Waals surface area contributed by atoms with Gasteiger partial charge in [0.15, 0.2) is 0 Å². The fourth-order valence-electron chi connectivity index (χ4n) is 1.44. The Hall–Kier alpha value is -1.62. The van der Waals surface area contributed by atoms with Crippen LogP contribution in [0.3, 0.4) is 0 Å². The molecule has 0 N–H and O–H groups in total. The SMILES string of the molecule is COC(=O)CCn1ccc2cnc(Cl)nc21. The topological polar surface area (TPSA) is 57.0 Å². The number of carbonyl (C=O) groups excluding carboxylic acids is 1. The molecule has 2 heterocycles. The predicted octanol–water partition coefficient (Wildman–Crippen LogP) is 1.65. The highest BCUT2D eigenvalue weighted by atomic mass is 35.5. The van der Waals surface area contributed by atoms with E-state index in [2.05, 4.69) is 14.7 Å². The largest absolute Gasteiger partial charge is 0.469 e. The molecule has 0 atom stereocenters. The predicted molar refractivity (Wildman–Crippen MR) is 59.2 cm³/mol. The van der Waals surface area contributed by atoms with Gasteiger partial charge < -0.3 is 9.30 Å². The maximum atomic E-state index is 11.0. The van der Waals surface area contributed by atoms with Crippen molar-refractivity contribution in [2.45, 2.75) is 13.0 Å². The molecule has 0 bridgehead atoms. The molecule has 5 nitrogen and oxygen atoms in total. The number of halogens is 1. The molecule has 16 heavy (non-hydrogen) atoms. The number of nitrogens with zero attached hydrogens (tertiary/aromatic N) is 3. The van der Waals surface area contributed by atoms with Gasteiger partial charge in [-0.1, -0.05) is 0 Å². The van der Waals surface area contributed by atoms with Gasteiger partial charge in [0.1, 0.15) is 5.65 Å². The first-order chi connectivity index (χ1) is 7.70. The van der Waals surface area contributed by atoms with Crippen LogP contribution in [0, 0.1) is 0 Å². The Labute approximate surface area is 97.0 Å². The lowest BCUT2D eigenvalue weighted by molar-refractivity contribution is -0.140. The van der Waals surface area contributed by atoms with Gasteiger partial charge in [0, 0.05) is 24.3 Å². The van der Waals surface area contributed by atoms with Crippen molar-refractivity contribution in [2.75, 3.05) is 7.11 Å². The van der Waals surface area contributed by atoms with E-state index in [9.17, 15) is 4.79 Å². The van der Waals surface area contributed by atoms with Crippen molar-refractivity contribution in [1.29, 1.82) is 0 Å². The molecule has 0 aliphatic heterocycles. The summed E-state index contributed by atoms with van der Waals surface area (Å²) < 4.78 is 6.42. The van der Waals surface area contributed by atoms with Crippen LogP contribution in [0.15, 0.2) is 18.5 Å². The summed E-state index contributed by atoms with van der Waals surface area (Å²) in [7, 11) is 1.37. The van der Waals surface area contributed by atoms with Gasteiger partial charge in [0.05, 0.1) is 13.5 Å². The highest BCUT2D eigenvalue weighted by Crippen LogP contribution is 2.14. The number of fused-ring (bicyclic) bond motifs is 1. The van der Waals surface area contributed by atoms with E-state index in [-0.39, 0.29) is 11.3 Å². The van der Waals surface area contributed by atoms with Crippen LogP contribution in [-0.4, -0.2) is 27.6 Å². The van der Waals surface area contributed by atoms with Gasteiger partial charge in [0.2, 0.25) is 5.28 Å². The van der Waals surface area contributed by atoms with Crippen LogP contribution in [0.5, 0.6) is 0 Å². The molecule has 0 aliphatic rings. The molecule has 0 saturated carbocycles. The van der Waals surface area contributed by atoms with Crippen LogP contribution in [0.4, 0.5) is 0 Å². The Morgan fingerprint density at radius 2 is 2.44 bits per heavy atom. The van der Waals surface area contributed by atoms with E-state index < -0.39 is 0 Å². The third-order valence-electron chi connectivity index (χ3n) is 2.26. The fraction of sp³-hybridized carbons (Fsp3) is 0.300. The van der Waals surface area contributed by atoms with E-state index in [1.165, 1.54) is 7.11 Å². The molecule has 0 fully saturated rings. The molecular weight excluding hydrogens is 230 g/mol. The second-order valence-electron chi connectivity index (χ2n) is 3.25. The van der Waals surface area contributed by atoms with Crippen molar-refractivity contribution < 1.29 is 9.53 Å². The summed E-state index contributed by atoms with van der Waals surface area (Å²) in [6.45, 7) is 0.517. The molecule has 0 aliphatic carbocycles. The minimum atomic E-state index is -0.248. The van der Waals surface area contributed by atoms with Gasteiger partial charge in [-0.05, 0) is 17.7 Å². The average molecular weight is 240 g/mol. The molecule has 0 spiro atoms. The van der Waals surface area contributed by atoms with E-state index in [0.717, 1.165) is 11.0 Å². The molecule has 0 radical (unpaired) electrons. The van der Waals surface area contributed by atoms with Crippen molar-refractivity contribution in [3.05, 3.63) is 23.7 Å². The number of carbonyl (C=O) groups is 1.